The van der Waals surface area contributed by atoms with Crippen LogP contribution in [0.25, 0.3) is 0 Å². The van der Waals surface area contributed by atoms with E-state index in [-0.39, 0.29) is 10.0 Å². The Bertz CT molecular complexity index is 276. The molecule has 0 aliphatic rings. The first-order chi connectivity index (χ1) is 5.52. The number of aliphatic hydroxyl groups excluding tert-OH is 1. The normalized spacial score (nSPS) is 13.1. The van der Waals surface area contributed by atoms with Crippen molar-refractivity contribution in [3.05, 3.63) is 33.6 Å². The van der Waals surface area contributed by atoms with E-state index >= 15 is 0 Å². The van der Waals surface area contributed by atoms with Gasteiger partial charge in [-0.3, -0.25) is 0 Å². The van der Waals surface area contributed by atoms with Crippen LogP contribution in [0.3, 0.4) is 0 Å². The van der Waals surface area contributed by atoms with Crippen LogP contribution < -0.4 is 0 Å². The summed E-state index contributed by atoms with van der Waals surface area (Å²) in [6, 6.07) is 2.24. The Morgan fingerprint density at radius 1 is 1.33 bits per heavy atom. The van der Waals surface area contributed by atoms with Crippen molar-refractivity contribution in [1.29, 1.82) is 0 Å². The molecule has 12 heavy (non-hydrogen) atoms. The second-order valence-electron chi connectivity index (χ2n) is 2.46. The maximum atomic E-state index is 12.6. The average Bonchev–Trinajstić information content (AvgIpc) is 1.82. The van der Waals surface area contributed by atoms with Crippen molar-refractivity contribution in [2.75, 3.05) is 0 Å². The zero-order valence-corrected chi connectivity index (χ0v) is 7.83. The minimum absolute atomic E-state index is 0.148. The fourth-order valence-electron chi connectivity index (χ4n) is 0.952. The summed E-state index contributed by atoms with van der Waals surface area (Å²) >= 11 is 11.3. The summed E-state index contributed by atoms with van der Waals surface area (Å²) in [6.45, 7) is 1.52. The van der Waals surface area contributed by atoms with Crippen molar-refractivity contribution in [3.8, 4) is 0 Å². The van der Waals surface area contributed by atoms with Crippen molar-refractivity contribution < 1.29 is 9.50 Å². The van der Waals surface area contributed by atoms with Gasteiger partial charge in [0.05, 0.1) is 16.1 Å². The van der Waals surface area contributed by atoms with Crippen LogP contribution in [0.15, 0.2) is 12.1 Å². The molecule has 1 aromatic rings. The molecular formula is C8H7Cl2FO. The van der Waals surface area contributed by atoms with Gasteiger partial charge in [0.1, 0.15) is 5.82 Å². The first kappa shape index (κ1) is 9.78. The number of rotatable bonds is 1. The van der Waals surface area contributed by atoms with Gasteiger partial charge in [0.25, 0.3) is 0 Å². The molecule has 1 atom stereocenters. The molecule has 0 heterocycles. The van der Waals surface area contributed by atoms with Crippen LogP contribution in [0.4, 0.5) is 4.39 Å². The molecule has 1 N–H and O–H groups in total. The van der Waals surface area contributed by atoms with Crippen LogP contribution in [0.5, 0.6) is 0 Å². The Morgan fingerprint density at radius 2 is 1.75 bits per heavy atom. The molecule has 0 amide bonds. The molecule has 1 rings (SSSR count). The number of aliphatic hydroxyl groups is 1. The summed E-state index contributed by atoms with van der Waals surface area (Å²) in [5.41, 5.74) is 0.361. The highest BCUT2D eigenvalue weighted by molar-refractivity contribution is 6.36. The predicted molar refractivity (Wildman–Crippen MR) is 47.1 cm³/mol. The molecule has 0 bridgehead atoms. The first-order valence-electron chi connectivity index (χ1n) is 3.35. The summed E-state index contributed by atoms with van der Waals surface area (Å²) in [5.74, 6) is -0.505. The second-order valence-corrected chi connectivity index (χ2v) is 3.27. The highest BCUT2D eigenvalue weighted by atomic mass is 35.5. The maximum absolute atomic E-state index is 12.6. The van der Waals surface area contributed by atoms with Gasteiger partial charge in [-0.25, -0.2) is 4.39 Å². The molecular weight excluding hydrogens is 202 g/mol. The molecule has 0 radical (unpaired) electrons. The predicted octanol–water partition coefficient (Wildman–Crippen LogP) is 3.19. The molecule has 1 nitrogen and oxygen atoms in total. The third-order valence-electron chi connectivity index (χ3n) is 1.46. The molecule has 0 fully saturated rings. The minimum Gasteiger partial charge on any atom is -0.389 e. The summed E-state index contributed by atoms with van der Waals surface area (Å²) in [7, 11) is 0. The van der Waals surface area contributed by atoms with E-state index in [1.54, 1.807) is 0 Å². The largest absolute Gasteiger partial charge is 0.389 e. The van der Waals surface area contributed by atoms with E-state index in [0.717, 1.165) is 12.1 Å². The van der Waals surface area contributed by atoms with Crippen molar-refractivity contribution >= 4 is 23.2 Å². The van der Waals surface area contributed by atoms with Gasteiger partial charge in [0.15, 0.2) is 0 Å². The number of hydrogen-bond acceptors (Lipinski definition) is 1. The van der Waals surface area contributed by atoms with Crippen molar-refractivity contribution in [2.24, 2.45) is 0 Å². The highest BCUT2D eigenvalue weighted by Crippen LogP contribution is 2.30. The van der Waals surface area contributed by atoms with E-state index < -0.39 is 11.9 Å². The van der Waals surface area contributed by atoms with Crippen LogP contribution in [-0.2, 0) is 0 Å². The van der Waals surface area contributed by atoms with E-state index in [1.807, 2.05) is 0 Å². The fraction of sp³-hybridized carbons (Fsp3) is 0.250. The lowest BCUT2D eigenvalue weighted by Crippen LogP contribution is -1.94. The van der Waals surface area contributed by atoms with Gasteiger partial charge in [0.2, 0.25) is 0 Å². The van der Waals surface area contributed by atoms with Gasteiger partial charge in [-0.05, 0) is 19.1 Å². The molecule has 0 saturated heterocycles. The fourth-order valence-corrected chi connectivity index (χ4v) is 1.73. The van der Waals surface area contributed by atoms with Crippen molar-refractivity contribution in [2.45, 2.75) is 13.0 Å². The van der Waals surface area contributed by atoms with Gasteiger partial charge in [0, 0.05) is 5.56 Å². The minimum atomic E-state index is -0.786. The lowest BCUT2D eigenvalue weighted by molar-refractivity contribution is 0.199. The van der Waals surface area contributed by atoms with Gasteiger partial charge in [-0.15, -0.1) is 0 Å². The third kappa shape index (κ3) is 1.89. The molecule has 0 spiro atoms. The summed E-state index contributed by atoms with van der Waals surface area (Å²) < 4.78 is 12.6. The van der Waals surface area contributed by atoms with Gasteiger partial charge < -0.3 is 5.11 Å². The van der Waals surface area contributed by atoms with Crippen LogP contribution in [0.2, 0.25) is 10.0 Å². The summed E-state index contributed by atoms with van der Waals surface area (Å²) in [4.78, 5) is 0. The molecule has 0 aliphatic heterocycles. The zero-order chi connectivity index (χ0) is 9.30. The summed E-state index contributed by atoms with van der Waals surface area (Å²) in [6.07, 6.45) is -0.786. The highest BCUT2D eigenvalue weighted by Gasteiger charge is 2.12. The topological polar surface area (TPSA) is 20.2 Å². The molecule has 0 aliphatic carbocycles. The van der Waals surface area contributed by atoms with Crippen molar-refractivity contribution in [1.82, 2.24) is 0 Å². The zero-order valence-electron chi connectivity index (χ0n) is 6.31. The molecule has 66 valence electrons. The quantitative estimate of drug-likeness (QED) is 0.752. The molecule has 1 unspecified atom stereocenters. The van der Waals surface area contributed by atoms with Crippen LogP contribution >= 0.6 is 23.2 Å². The lowest BCUT2D eigenvalue weighted by atomic mass is 10.1. The maximum Gasteiger partial charge on any atom is 0.126 e. The number of hydrogen-bond donors (Lipinski definition) is 1. The van der Waals surface area contributed by atoms with Crippen LogP contribution in [0.1, 0.15) is 18.6 Å². The van der Waals surface area contributed by atoms with E-state index in [9.17, 15) is 9.50 Å². The van der Waals surface area contributed by atoms with Gasteiger partial charge in [-0.1, -0.05) is 23.2 Å². The standard InChI is InChI=1S/C8H7Cl2FO/c1-4(12)8-6(9)2-5(11)3-7(8)10/h2-4,12H,1H3. The van der Waals surface area contributed by atoms with E-state index in [4.69, 9.17) is 23.2 Å². The smallest absolute Gasteiger partial charge is 0.126 e. The van der Waals surface area contributed by atoms with Crippen LogP contribution in [0, 0.1) is 5.82 Å². The average molecular weight is 209 g/mol. The van der Waals surface area contributed by atoms with E-state index in [1.165, 1.54) is 6.92 Å². The molecule has 4 heteroatoms. The molecule has 0 saturated carbocycles. The van der Waals surface area contributed by atoms with E-state index in [0.29, 0.717) is 5.56 Å². The molecule has 1 aromatic carbocycles. The monoisotopic (exact) mass is 208 g/mol. The van der Waals surface area contributed by atoms with E-state index in [2.05, 4.69) is 0 Å². The first-order valence-corrected chi connectivity index (χ1v) is 4.10. The SMILES string of the molecule is CC(O)c1c(Cl)cc(F)cc1Cl. The third-order valence-corrected chi connectivity index (χ3v) is 2.09. The molecule has 0 aromatic heterocycles. The van der Waals surface area contributed by atoms with Crippen LogP contribution in [-0.4, -0.2) is 5.11 Å². The Hall–Kier alpha value is -0.310. The number of halogens is 3. The Labute approximate surface area is 79.7 Å². The van der Waals surface area contributed by atoms with Gasteiger partial charge >= 0.3 is 0 Å². The second kappa shape index (κ2) is 3.60. The lowest BCUT2D eigenvalue weighted by Gasteiger charge is -2.09. The Morgan fingerprint density at radius 3 is 2.08 bits per heavy atom. The number of benzene rings is 1. The Kier molecular flexibility index (Phi) is 2.94. The summed E-state index contributed by atoms with van der Waals surface area (Å²) in [5, 5.41) is 9.48. The van der Waals surface area contributed by atoms with Gasteiger partial charge in [-0.2, -0.15) is 0 Å². The Balaban J connectivity index is 3.28. The van der Waals surface area contributed by atoms with Crippen molar-refractivity contribution in [3.63, 3.8) is 0 Å².